The highest BCUT2D eigenvalue weighted by atomic mass is 16.3. The molecule has 80 heavy (non-hydrogen) atoms. The molecule has 0 unspecified atom stereocenters. The molecule has 2 heterocycles. The zero-order chi connectivity index (χ0) is 55.8. The van der Waals surface area contributed by atoms with Crippen LogP contribution in [-0.4, -0.2) is 33.8 Å². The van der Waals surface area contributed by atoms with E-state index in [1.54, 1.807) is 24.3 Å². The first-order valence-corrected chi connectivity index (χ1v) is 28.2. The maximum Gasteiger partial charge on any atom is 0.266 e. The number of fused-ring (bicyclic) bond motifs is 8. The lowest BCUT2D eigenvalue weighted by Crippen LogP contribution is -2.41. The Balaban J connectivity index is 0.777. The van der Waals surface area contributed by atoms with Gasteiger partial charge in [0, 0.05) is 33.0 Å². The van der Waals surface area contributed by atoms with Gasteiger partial charge < -0.3 is 10.2 Å². The number of amides is 4. The molecule has 0 atom stereocenters. The average molecular weight is 1050 g/mol. The van der Waals surface area contributed by atoms with E-state index < -0.39 is 0 Å². The molecular formula is C72H60N2O6. The fourth-order valence-corrected chi connectivity index (χ4v) is 14.0. The Labute approximate surface area is 464 Å². The van der Waals surface area contributed by atoms with E-state index >= 15 is 0 Å². The number of anilines is 2. The molecule has 2 aliphatic heterocycles. The predicted octanol–water partition coefficient (Wildman–Crippen LogP) is 17.5. The minimum absolute atomic E-state index is 0.0448. The Morgan fingerprint density at radius 1 is 0.325 bits per heavy atom. The van der Waals surface area contributed by atoms with Crippen LogP contribution in [0.3, 0.4) is 0 Å². The molecule has 0 saturated heterocycles. The van der Waals surface area contributed by atoms with Gasteiger partial charge in [-0.3, -0.25) is 19.2 Å². The van der Waals surface area contributed by atoms with Crippen molar-refractivity contribution in [3.63, 3.8) is 0 Å². The summed E-state index contributed by atoms with van der Waals surface area (Å²) in [5, 5.41) is 29.3. The molecule has 0 spiro atoms. The molecule has 4 aliphatic rings. The molecule has 14 rings (SSSR count). The first-order valence-electron chi connectivity index (χ1n) is 28.2. The smallest absolute Gasteiger partial charge is 0.266 e. The quantitative estimate of drug-likeness (QED) is 0.139. The van der Waals surface area contributed by atoms with Crippen molar-refractivity contribution in [2.75, 3.05) is 9.80 Å². The van der Waals surface area contributed by atoms with E-state index in [1.165, 1.54) is 32.1 Å². The summed E-state index contributed by atoms with van der Waals surface area (Å²) in [6.07, 6.45) is 1.68. The molecule has 0 aromatic heterocycles. The van der Waals surface area contributed by atoms with Gasteiger partial charge in [0.05, 0.1) is 11.4 Å². The van der Waals surface area contributed by atoms with Gasteiger partial charge in [-0.05, 0) is 244 Å². The highest BCUT2D eigenvalue weighted by molar-refractivity contribution is 6.40. The molecule has 8 heteroatoms. The van der Waals surface area contributed by atoms with Gasteiger partial charge in [-0.2, -0.15) is 0 Å². The molecule has 0 radical (unpaired) electrons. The van der Waals surface area contributed by atoms with Crippen molar-refractivity contribution in [2.45, 2.75) is 106 Å². The number of phenolic OH excluding ortho intramolecular Hbond substituents is 2. The number of aryl methyl sites for hydroxylation is 4. The third kappa shape index (κ3) is 6.87. The Morgan fingerprint density at radius 3 is 0.825 bits per heavy atom. The zero-order valence-corrected chi connectivity index (χ0v) is 46.7. The van der Waals surface area contributed by atoms with Gasteiger partial charge in [-0.1, -0.05) is 104 Å². The van der Waals surface area contributed by atoms with Gasteiger partial charge in [0.1, 0.15) is 11.5 Å². The topological polar surface area (TPSA) is 115 Å². The minimum Gasteiger partial charge on any atom is -0.508 e. The van der Waals surface area contributed by atoms with Gasteiger partial charge in [-0.25, -0.2) is 9.80 Å². The van der Waals surface area contributed by atoms with Crippen LogP contribution >= 0.6 is 0 Å². The van der Waals surface area contributed by atoms with Crippen molar-refractivity contribution in [1.29, 1.82) is 0 Å². The maximum absolute atomic E-state index is 14.8. The van der Waals surface area contributed by atoms with Gasteiger partial charge in [0.15, 0.2) is 0 Å². The number of imide groups is 2. The minimum atomic E-state index is -0.350. The van der Waals surface area contributed by atoms with Crippen molar-refractivity contribution >= 4 is 78.1 Å². The van der Waals surface area contributed by atoms with Crippen LogP contribution in [0.1, 0.15) is 165 Å². The van der Waals surface area contributed by atoms with E-state index in [0.29, 0.717) is 44.4 Å². The molecule has 0 saturated carbocycles. The summed E-state index contributed by atoms with van der Waals surface area (Å²) in [6.45, 7) is 20.5. The predicted molar refractivity (Wildman–Crippen MR) is 323 cm³/mol. The molecule has 2 aliphatic carbocycles. The summed E-state index contributed by atoms with van der Waals surface area (Å²) >= 11 is 0. The lowest BCUT2D eigenvalue weighted by Gasteiger charge is -2.32. The van der Waals surface area contributed by atoms with E-state index in [9.17, 15) is 29.4 Å². The SMILES string of the molecule is Cc1cc2cc3c(cc2cc1CCc1cc2cc4c(cc2cc1C)-c1ccc2c5c(ccc-4c15)C(=O)N(c1c(C(C)C)cc(O)cc1C(C)C)C2=O)-c1ccc2c4c(ccc-3c14)C(=O)N(c1c(C(C)C)cc(O)cc1C(C)C)C2=O. The van der Waals surface area contributed by atoms with Crippen molar-refractivity contribution in [3.8, 4) is 56.0 Å². The van der Waals surface area contributed by atoms with E-state index in [-0.39, 0.29) is 58.8 Å². The highest BCUT2D eigenvalue weighted by Gasteiger charge is 2.42. The number of benzene rings is 10. The van der Waals surface area contributed by atoms with Crippen LogP contribution < -0.4 is 9.80 Å². The Bertz CT molecular complexity index is 4180. The van der Waals surface area contributed by atoms with Gasteiger partial charge >= 0.3 is 0 Å². The van der Waals surface area contributed by atoms with Crippen LogP contribution in [0.15, 0.2) is 121 Å². The lowest BCUT2D eigenvalue weighted by molar-refractivity contribution is 0.0877. The van der Waals surface area contributed by atoms with Crippen LogP contribution in [0.5, 0.6) is 11.5 Å². The third-order valence-electron chi connectivity index (χ3n) is 18.0. The fourth-order valence-electron chi connectivity index (χ4n) is 14.0. The number of nitrogens with zero attached hydrogens (tertiary/aromatic N) is 2. The van der Waals surface area contributed by atoms with Crippen LogP contribution in [0.4, 0.5) is 11.4 Å². The fraction of sp³-hybridized carbons (Fsp3) is 0.222. The number of hydrogen-bond acceptors (Lipinski definition) is 6. The van der Waals surface area contributed by atoms with Crippen LogP contribution in [-0.2, 0) is 12.8 Å². The molecule has 4 amide bonds. The van der Waals surface area contributed by atoms with Crippen molar-refractivity contribution in [2.24, 2.45) is 0 Å². The molecule has 0 bridgehead atoms. The summed E-state index contributed by atoms with van der Waals surface area (Å²) in [6, 6.07) is 40.8. The van der Waals surface area contributed by atoms with Crippen molar-refractivity contribution in [3.05, 3.63) is 188 Å². The largest absolute Gasteiger partial charge is 0.508 e. The zero-order valence-electron chi connectivity index (χ0n) is 46.7. The van der Waals surface area contributed by atoms with Crippen LogP contribution in [0.2, 0.25) is 0 Å². The van der Waals surface area contributed by atoms with Gasteiger partial charge in [0.25, 0.3) is 23.6 Å². The van der Waals surface area contributed by atoms with Gasteiger partial charge in [0.2, 0.25) is 0 Å². The number of carbonyl (C=O) groups excluding carboxylic acids is 4. The summed E-state index contributed by atoms with van der Waals surface area (Å²) in [5.41, 5.74) is 19.6. The van der Waals surface area contributed by atoms with E-state index in [4.69, 9.17) is 0 Å². The standard InChI is InChI=1S/C72H60N2O6/c1-33(2)55-29-45(75)30-56(34(3)4)67(55)73-69(77)51-17-13-47-59-25-41-21-37(9)39(23-43(41)27-61(59)49-15-19-53(71(73)79)65(51)63(47)49)11-12-40-24-44-28-62-50-16-20-54-66-52(18-14-48(64(50)66)60(62)26-42(44)22-38(40)10)70(78)74(72(54)80)68-57(35(5)6)31-46(76)32-58(68)36(7)8/h13-36,75-76H,11-12H2,1-10H3. The molecule has 0 fully saturated rings. The lowest BCUT2D eigenvalue weighted by atomic mass is 9.87. The number of carbonyl (C=O) groups is 4. The van der Waals surface area contributed by atoms with E-state index in [0.717, 1.165) is 112 Å². The Kier molecular flexibility index (Phi) is 10.7. The van der Waals surface area contributed by atoms with Crippen LogP contribution in [0.25, 0.3) is 87.6 Å². The molecule has 10 aromatic carbocycles. The first-order chi connectivity index (χ1) is 38.3. The van der Waals surface area contributed by atoms with Gasteiger partial charge in [-0.15, -0.1) is 0 Å². The number of rotatable bonds is 9. The van der Waals surface area contributed by atoms with E-state index in [1.807, 2.05) is 91.8 Å². The Morgan fingerprint density at radius 2 is 0.562 bits per heavy atom. The van der Waals surface area contributed by atoms with Crippen molar-refractivity contribution in [1.82, 2.24) is 0 Å². The Hall–Kier alpha value is -8.88. The second-order valence-electron chi connectivity index (χ2n) is 24.1. The number of phenols is 2. The summed E-state index contributed by atoms with van der Waals surface area (Å²) < 4.78 is 0. The summed E-state index contributed by atoms with van der Waals surface area (Å²) in [7, 11) is 0. The normalized spacial score (nSPS) is 14.1. The maximum atomic E-state index is 14.8. The summed E-state index contributed by atoms with van der Waals surface area (Å²) in [4.78, 5) is 61.8. The van der Waals surface area contributed by atoms with E-state index in [2.05, 4.69) is 74.5 Å². The highest BCUT2D eigenvalue weighted by Crippen LogP contribution is 2.55. The third-order valence-corrected chi connectivity index (χ3v) is 18.0. The molecule has 394 valence electrons. The molecule has 10 aromatic rings. The summed E-state index contributed by atoms with van der Waals surface area (Å²) in [5.74, 6) is -1.34. The number of hydrogen-bond donors (Lipinski definition) is 2. The second-order valence-corrected chi connectivity index (χ2v) is 24.1. The average Bonchev–Trinajstić information content (AvgIpc) is 4.02. The monoisotopic (exact) mass is 1050 g/mol. The first kappa shape index (κ1) is 49.4. The molecule has 8 nitrogen and oxygen atoms in total. The second kappa shape index (κ2) is 17.3. The molecular weight excluding hydrogens is 989 g/mol. The number of aromatic hydroxyl groups is 2. The van der Waals surface area contributed by atoms with Crippen molar-refractivity contribution < 1.29 is 29.4 Å². The molecule has 2 N–H and O–H groups in total. The van der Waals surface area contributed by atoms with Crippen LogP contribution in [0, 0.1) is 13.8 Å².